The van der Waals surface area contributed by atoms with Crippen LogP contribution in [0.3, 0.4) is 0 Å². The number of halogens is 1. The summed E-state index contributed by atoms with van der Waals surface area (Å²) in [7, 11) is -2.03. The van der Waals surface area contributed by atoms with Crippen molar-refractivity contribution in [3.05, 3.63) is 28.7 Å². The Bertz CT molecular complexity index is 391. The molecule has 1 unspecified atom stereocenters. The molecule has 0 saturated carbocycles. The van der Waals surface area contributed by atoms with E-state index in [1.54, 1.807) is 6.26 Å². The Hall–Kier alpha value is -0.350. The maximum atomic E-state index is 11.6. The molecule has 0 amide bonds. The van der Waals surface area contributed by atoms with Gasteiger partial charge >= 0.3 is 0 Å². The van der Waals surface area contributed by atoms with E-state index in [-0.39, 0.29) is 0 Å². The minimum Gasteiger partial charge on any atom is -0.250 e. The van der Waals surface area contributed by atoms with Gasteiger partial charge in [0.05, 0.1) is 5.69 Å². The van der Waals surface area contributed by atoms with Crippen molar-refractivity contribution in [2.75, 3.05) is 12.0 Å². The van der Waals surface area contributed by atoms with E-state index < -0.39 is 9.73 Å². The zero-order chi connectivity index (χ0) is 9.90. The molecule has 0 fully saturated rings. The molecule has 1 atom stereocenters. The van der Waals surface area contributed by atoms with Crippen molar-refractivity contribution in [2.45, 2.75) is 6.92 Å². The lowest BCUT2D eigenvalue weighted by Gasteiger charge is -1.99. The molecule has 0 aliphatic heterocycles. The zero-order valence-electron chi connectivity index (χ0n) is 7.66. The molecule has 0 spiro atoms. The lowest BCUT2D eigenvalue weighted by Crippen LogP contribution is -1.97. The molecule has 13 heavy (non-hydrogen) atoms. The van der Waals surface area contributed by atoms with Crippen LogP contribution in [0.25, 0.3) is 0 Å². The predicted octanol–water partition coefficient (Wildman–Crippen LogP) is 3.20. The van der Waals surface area contributed by atoms with Gasteiger partial charge in [-0.1, -0.05) is 22.9 Å². The summed E-state index contributed by atoms with van der Waals surface area (Å²) < 4.78 is 16.8. The van der Waals surface area contributed by atoms with E-state index in [4.69, 9.17) is 0 Å². The maximum Gasteiger partial charge on any atom is 0.0730 e. The first-order chi connectivity index (χ1) is 6.03. The van der Waals surface area contributed by atoms with Gasteiger partial charge in [-0.05, 0) is 24.3 Å². The molecule has 0 aliphatic carbocycles. The SMILES string of the molecule is CCS(C)(=O)=Nc1ccc(Br)cc1. The number of nitrogens with zero attached hydrogens (tertiary/aromatic N) is 1. The van der Waals surface area contributed by atoms with Gasteiger partial charge in [-0.2, -0.15) is 4.36 Å². The highest BCUT2D eigenvalue weighted by Crippen LogP contribution is 2.18. The van der Waals surface area contributed by atoms with Crippen molar-refractivity contribution in [1.82, 2.24) is 0 Å². The van der Waals surface area contributed by atoms with E-state index >= 15 is 0 Å². The fraction of sp³-hybridized carbons (Fsp3) is 0.333. The van der Waals surface area contributed by atoms with Crippen LogP contribution < -0.4 is 0 Å². The molecule has 0 saturated heterocycles. The second kappa shape index (κ2) is 4.24. The van der Waals surface area contributed by atoms with E-state index in [1.165, 1.54) is 0 Å². The lowest BCUT2D eigenvalue weighted by atomic mass is 10.3. The van der Waals surface area contributed by atoms with Gasteiger partial charge in [0.15, 0.2) is 0 Å². The van der Waals surface area contributed by atoms with Crippen molar-refractivity contribution in [2.24, 2.45) is 4.36 Å². The zero-order valence-corrected chi connectivity index (χ0v) is 10.1. The third kappa shape index (κ3) is 3.48. The summed E-state index contributed by atoms with van der Waals surface area (Å²) in [5.74, 6) is 0.586. The third-order valence-corrected chi connectivity index (χ3v) is 3.86. The molecule has 0 heterocycles. The van der Waals surface area contributed by atoms with E-state index in [2.05, 4.69) is 20.3 Å². The average Bonchev–Trinajstić information content (AvgIpc) is 2.09. The Kier molecular flexibility index (Phi) is 3.50. The molecule has 0 aliphatic rings. The van der Waals surface area contributed by atoms with E-state index in [9.17, 15) is 4.21 Å². The van der Waals surface area contributed by atoms with Gasteiger partial charge in [0.25, 0.3) is 0 Å². The first kappa shape index (κ1) is 10.7. The number of benzene rings is 1. The van der Waals surface area contributed by atoms with E-state index in [1.807, 2.05) is 31.2 Å². The van der Waals surface area contributed by atoms with Gasteiger partial charge in [-0.25, -0.2) is 4.21 Å². The predicted molar refractivity (Wildman–Crippen MR) is 60.8 cm³/mol. The van der Waals surface area contributed by atoms with Gasteiger partial charge in [-0.15, -0.1) is 0 Å². The molecule has 4 heteroatoms. The average molecular weight is 262 g/mol. The molecule has 72 valence electrons. The highest BCUT2D eigenvalue weighted by atomic mass is 79.9. The highest BCUT2D eigenvalue weighted by Gasteiger charge is 1.97. The Labute approximate surface area is 87.7 Å². The summed E-state index contributed by atoms with van der Waals surface area (Å²) in [5.41, 5.74) is 0.776. The van der Waals surface area contributed by atoms with Crippen LogP contribution >= 0.6 is 15.9 Å². The summed E-state index contributed by atoms with van der Waals surface area (Å²) in [6, 6.07) is 7.49. The monoisotopic (exact) mass is 261 g/mol. The lowest BCUT2D eigenvalue weighted by molar-refractivity contribution is 0.681. The summed E-state index contributed by atoms with van der Waals surface area (Å²) in [5, 5.41) is 0. The maximum absolute atomic E-state index is 11.6. The quantitative estimate of drug-likeness (QED) is 0.804. The van der Waals surface area contributed by atoms with Crippen LogP contribution in [0, 0.1) is 0 Å². The van der Waals surface area contributed by atoms with Gasteiger partial charge in [-0.3, -0.25) is 0 Å². The van der Waals surface area contributed by atoms with Crippen LogP contribution in [-0.2, 0) is 9.73 Å². The Balaban J connectivity index is 3.06. The topological polar surface area (TPSA) is 29.4 Å². The van der Waals surface area contributed by atoms with Crippen LogP contribution in [0.5, 0.6) is 0 Å². The Morgan fingerprint density at radius 1 is 1.38 bits per heavy atom. The Morgan fingerprint density at radius 3 is 2.38 bits per heavy atom. The fourth-order valence-electron chi connectivity index (χ4n) is 0.789. The van der Waals surface area contributed by atoms with Crippen LogP contribution in [0.15, 0.2) is 33.1 Å². The minimum atomic E-state index is -2.03. The van der Waals surface area contributed by atoms with Crippen molar-refractivity contribution in [1.29, 1.82) is 0 Å². The largest absolute Gasteiger partial charge is 0.250 e. The van der Waals surface area contributed by atoms with E-state index in [0.29, 0.717) is 5.75 Å². The highest BCUT2D eigenvalue weighted by molar-refractivity contribution is 9.10. The third-order valence-electron chi connectivity index (χ3n) is 1.66. The van der Waals surface area contributed by atoms with Gasteiger partial charge < -0.3 is 0 Å². The van der Waals surface area contributed by atoms with Crippen LogP contribution in [-0.4, -0.2) is 16.2 Å². The summed E-state index contributed by atoms with van der Waals surface area (Å²) in [6.45, 7) is 1.88. The molecule has 1 aromatic rings. The summed E-state index contributed by atoms with van der Waals surface area (Å²) >= 11 is 3.33. The second-order valence-corrected chi connectivity index (χ2v) is 6.41. The molecule has 0 radical (unpaired) electrons. The van der Waals surface area contributed by atoms with Gasteiger partial charge in [0.2, 0.25) is 0 Å². The van der Waals surface area contributed by atoms with Crippen molar-refractivity contribution < 1.29 is 4.21 Å². The second-order valence-electron chi connectivity index (χ2n) is 2.82. The van der Waals surface area contributed by atoms with Crippen LogP contribution in [0.4, 0.5) is 5.69 Å². The molecule has 0 N–H and O–H groups in total. The normalized spacial score (nSPS) is 15.0. The van der Waals surface area contributed by atoms with Crippen molar-refractivity contribution >= 4 is 31.3 Å². The number of rotatable bonds is 2. The summed E-state index contributed by atoms with van der Waals surface area (Å²) in [6.07, 6.45) is 1.68. The summed E-state index contributed by atoms with van der Waals surface area (Å²) in [4.78, 5) is 0. The molecule has 1 aromatic carbocycles. The molecular formula is C9H12BrNOS. The van der Waals surface area contributed by atoms with Crippen LogP contribution in [0.1, 0.15) is 6.92 Å². The number of hydrogen-bond acceptors (Lipinski definition) is 2. The van der Waals surface area contributed by atoms with Gasteiger partial charge in [0.1, 0.15) is 0 Å². The molecule has 0 aromatic heterocycles. The molecular weight excluding hydrogens is 250 g/mol. The minimum absolute atomic E-state index is 0.586. The first-order valence-electron chi connectivity index (χ1n) is 3.99. The Morgan fingerprint density at radius 2 is 1.92 bits per heavy atom. The molecule has 1 rings (SSSR count). The first-order valence-corrected chi connectivity index (χ1v) is 6.87. The number of hydrogen-bond donors (Lipinski definition) is 0. The van der Waals surface area contributed by atoms with Crippen LogP contribution in [0.2, 0.25) is 0 Å². The van der Waals surface area contributed by atoms with E-state index in [0.717, 1.165) is 10.2 Å². The smallest absolute Gasteiger partial charge is 0.0730 e. The van der Waals surface area contributed by atoms with Crippen molar-refractivity contribution in [3.63, 3.8) is 0 Å². The van der Waals surface area contributed by atoms with Crippen molar-refractivity contribution in [3.8, 4) is 0 Å². The standard InChI is InChI=1S/C9H12BrNOS/c1-3-13(2,12)11-9-6-4-8(10)5-7-9/h4-7H,3H2,1-2H3. The fourth-order valence-corrected chi connectivity index (χ4v) is 1.75. The molecule has 2 nitrogen and oxygen atoms in total. The molecule has 0 bridgehead atoms. The van der Waals surface area contributed by atoms with Gasteiger partial charge in [0, 0.05) is 26.2 Å².